The van der Waals surface area contributed by atoms with Crippen molar-refractivity contribution in [1.82, 2.24) is 15.5 Å². The van der Waals surface area contributed by atoms with Crippen molar-refractivity contribution >= 4 is 28.2 Å². The molecule has 0 bridgehead atoms. The third kappa shape index (κ3) is 3.48. The van der Waals surface area contributed by atoms with Crippen LogP contribution in [0.1, 0.15) is 23.3 Å². The van der Waals surface area contributed by atoms with Gasteiger partial charge in [-0.05, 0) is 25.0 Å². The van der Waals surface area contributed by atoms with Crippen LogP contribution in [0.15, 0.2) is 48.5 Å². The lowest BCUT2D eigenvalue weighted by Gasteiger charge is -2.37. The zero-order valence-corrected chi connectivity index (χ0v) is 16.0. The third-order valence-electron chi connectivity index (χ3n) is 5.57. The van der Waals surface area contributed by atoms with Crippen LogP contribution >= 0.6 is 0 Å². The number of fused-ring (bicyclic) bond motifs is 1. The normalized spacial score (nSPS) is 16.9. The van der Waals surface area contributed by atoms with Crippen molar-refractivity contribution in [3.8, 4) is 0 Å². The largest absolute Gasteiger partial charge is 0.366 e. The first kappa shape index (κ1) is 17.8. The molecule has 1 saturated heterocycles. The maximum absolute atomic E-state index is 14.1. The Bertz CT molecular complexity index is 1060. The van der Waals surface area contributed by atoms with Crippen LogP contribution < -0.4 is 15.1 Å². The molecule has 3 aromatic rings. The maximum Gasteiger partial charge on any atom is 0.272 e. The third-order valence-corrected chi connectivity index (χ3v) is 5.57. The fourth-order valence-corrected chi connectivity index (χ4v) is 3.84. The van der Waals surface area contributed by atoms with Crippen LogP contribution in [0.3, 0.4) is 0 Å². The maximum atomic E-state index is 14.1. The summed E-state index contributed by atoms with van der Waals surface area (Å²) in [7, 11) is 0. The van der Waals surface area contributed by atoms with Crippen LogP contribution in [0, 0.1) is 5.82 Å². The molecule has 0 spiro atoms. The monoisotopic (exact) mass is 391 g/mol. The molecule has 0 atom stereocenters. The lowest BCUT2D eigenvalue weighted by molar-refractivity contribution is 0.0947. The van der Waals surface area contributed by atoms with Crippen LogP contribution in [0.5, 0.6) is 0 Å². The van der Waals surface area contributed by atoms with Gasteiger partial charge in [0.2, 0.25) is 0 Å². The molecule has 7 heteroatoms. The number of carbonyl (C=O) groups is 1. The second kappa shape index (κ2) is 7.31. The molecule has 2 aliphatic rings. The Labute approximate surface area is 168 Å². The lowest BCUT2D eigenvalue weighted by Crippen LogP contribution is -2.47. The van der Waals surface area contributed by atoms with Crippen molar-refractivity contribution in [3.63, 3.8) is 0 Å². The van der Waals surface area contributed by atoms with Gasteiger partial charge in [0, 0.05) is 43.0 Å². The van der Waals surface area contributed by atoms with E-state index >= 15 is 0 Å². The van der Waals surface area contributed by atoms with Crippen LogP contribution in [-0.2, 0) is 0 Å². The van der Waals surface area contributed by atoms with Crippen LogP contribution in [-0.4, -0.2) is 48.3 Å². The molecule has 0 radical (unpaired) electrons. The highest BCUT2D eigenvalue weighted by Gasteiger charge is 2.27. The highest BCUT2D eigenvalue weighted by molar-refractivity contribution is 6.07. The Morgan fingerprint density at radius 2 is 1.55 bits per heavy atom. The number of piperazine rings is 1. The van der Waals surface area contributed by atoms with E-state index < -0.39 is 0 Å². The minimum atomic E-state index is -0.197. The summed E-state index contributed by atoms with van der Waals surface area (Å²) in [6.07, 6.45) is 2.06. The van der Waals surface area contributed by atoms with Crippen LogP contribution in [0.4, 0.5) is 15.9 Å². The van der Waals surface area contributed by atoms with Gasteiger partial charge in [-0.3, -0.25) is 4.79 Å². The van der Waals surface area contributed by atoms with Gasteiger partial charge in [0.25, 0.3) is 5.91 Å². The summed E-state index contributed by atoms with van der Waals surface area (Å²) in [6.45, 7) is 2.81. The Kier molecular flexibility index (Phi) is 4.50. The molecule has 1 amide bonds. The van der Waals surface area contributed by atoms with E-state index in [-0.39, 0.29) is 17.8 Å². The Morgan fingerprint density at radius 3 is 2.28 bits per heavy atom. The van der Waals surface area contributed by atoms with Crippen LogP contribution in [0.2, 0.25) is 0 Å². The summed E-state index contributed by atoms with van der Waals surface area (Å²) >= 11 is 0. The molecular formula is C22H22FN5O. The zero-order valence-electron chi connectivity index (χ0n) is 16.0. The van der Waals surface area contributed by atoms with Gasteiger partial charge in [-0.15, -0.1) is 10.2 Å². The molecular weight excluding hydrogens is 369 g/mol. The van der Waals surface area contributed by atoms with Crippen molar-refractivity contribution < 1.29 is 9.18 Å². The minimum absolute atomic E-state index is 0.160. The molecule has 2 aromatic carbocycles. The lowest BCUT2D eigenvalue weighted by atomic mass is 10.1. The number of nitrogens with zero attached hydrogens (tertiary/aromatic N) is 4. The van der Waals surface area contributed by atoms with Gasteiger partial charge in [0.1, 0.15) is 5.82 Å². The number of anilines is 2. The van der Waals surface area contributed by atoms with E-state index in [4.69, 9.17) is 0 Å². The topological polar surface area (TPSA) is 61.4 Å². The Morgan fingerprint density at radius 1 is 0.897 bits per heavy atom. The number of nitrogens with one attached hydrogen (secondary N) is 1. The zero-order chi connectivity index (χ0) is 19.8. The van der Waals surface area contributed by atoms with E-state index in [1.807, 2.05) is 36.4 Å². The summed E-state index contributed by atoms with van der Waals surface area (Å²) in [6, 6.07) is 14.9. The highest BCUT2D eigenvalue weighted by Crippen LogP contribution is 2.28. The number of para-hydroxylation sites is 1. The van der Waals surface area contributed by atoms with Crippen molar-refractivity contribution in [2.75, 3.05) is 36.0 Å². The number of halogens is 1. The molecule has 1 aromatic heterocycles. The molecule has 148 valence electrons. The van der Waals surface area contributed by atoms with E-state index in [9.17, 15) is 9.18 Å². The molecule has 1 N–H and O–H groups in total. The molecule has 2 fully saturated rings. The number of hydrogen-bond acceptors (Lipinski definition) is 5. The van der Waals surface area contributed by atoms with Gasteiger partial charge in [-0.2, -0.15) is 0 Å². The van der Waals surface area contributed by atoms with Gasteiger partial charge in [-0.25, -0.2) is 4.39 Å². The Hall–Kier alpha value is -3.22. The van der Waals surface area contributed by atoms with E-state index in [0.717, 1.165) is 29.4 Å². The number of amides is 1. The first-order valence-electron chi connectivity index (χ1n) is 10.0. The van der Waals surface area contributed by atoms with Gasteiger partial charge < -0.3 is 15.1 Å². The highest BCUT2D eigenvalue weighted by atomic mass is 19.1. The molecule has 1 aliphatic carbocycles. The summed E-state index contributed by atoms with van der Waals surface area (Å²) in [4.78, 5) is 16.8. The average Bonchev–Trinajstić information content (AvgIpc) is 3.57. The SMILES string of the molecule is O=C(NC1CC1)c1nnc(N2CCN(c3ccccc3F)CC2)c2ccccc12. The Balaban J connectivity index is 1.40. The molecule has 2 heterocycles. The number of benzene rings is 2. The van der Waals surface area contributed by atoms with Gasteiger partial charge in [0.05, 0.1) is 5.69 Å². The molecule has 29 heavy (non-hydrogen) atoms. The summed E-state index contributed by atoms with van der Waals surface area (Å²) in [5, 5.41) is 13.4. The quantitative estimate of drug-likeness (QED) is 0.741. The summed E-state index contributed by atoms with van der Waals surface area (Å²) < 4.78 is 14.1. The van der Waals surface area contributed by atoms with Crippen LogP contribution in [0.25, 0.3) is 10.8 Å². The van der Waals surface area contributed by atoms with Crippen molar-refractivity contribution in [2.45, 2.75) is 18.9 Å². The molecule has 5 rings (SSSR count). The predicted octanol–water partition coefficient (Wildman–Crippen LogP) is 2.99. The van der Waals surface area contributed by atoms with Crippen molar-refractivity contribution in [2.24, 2.45) is 0 Å². The van der Waals surface area contributed by atoms with Crippen molar-refractivity contribution in [1.29, 1.82) is 0 Å². The van der Waals surface area contributed by atoms with E-state index in [1.165, 1.54) is 6.07 Å². The number of rotatable bonds is 4. The molecule has 6 nitrogen and oxygen atoms in total. The molecule has 1 aliphatic heterocycles. The first-order chi connectivity index (χ1) is 14.2. The summed E-state index contributed by atoms with van der Waals surface area (Å²) in [5.74, 6) is 0.418. The van der Waals surface area contributed by atoms with Gasteiger partial charge >= 0.3 is 0 Å². The van der Waals surface area contributed by atoms with Gasteiger partial charge in [0.15, 0.2) is 11.5 Å². The molecule has 0 unspecified atom stereocenters. The number of hydrogen-bond donors (Lipinski definition) is 1. The number of carbonyl (C=O) groups excluding carboxylic acids is 1. The number of aromatic nitrogens is 2. The van der Waals surface area contributed by atoms with Crippen molar-refractivity contribution in [3.05, 3.63) is 60.0 Å². The van der Waals surface area contributed by atoms with E-state index in [0.29, 0.717) is 37.6 Å². The summed E-state index contributed by atoms with van der Waals surface area (Å²) in [5.41, 5.74) is 1.01. The smallest absolute Gasteiger partial charge is 0.272 e. The fraction of sp³-hybridized carbons (Fsp3) is 0.318. The molecule has 1 saturated carbocycles. The second-order valence-electron chi connectivity index (χ2n) is 7.59. The van der Waals surface area contributed by atoms with E-state index in [1.54, 1.807) is 6.07 Å². The van der Waals surface area contributed by atoms with Gasteiger partial charge in [-0.1, -0.05) is 36.4 Å². The average molecular weight is 391 g/mol. The standard InChI is InChI=1S/C22H22FN5O/c23-18-7-3-4-8-19(18)27-11-13-28(14-12-27)21-17-6-2-1-5-16(17)20(25-26-21)22(29)24-15-9-10-15/h1-8,15H,9-14H2,(H,24,29). The predicted molar refractivity (Wildman–Crippen MR) is 111 cm³/mol. The minimum Gasteiger partial charge on any atom is -0.366 e. The van der Waals surface area contributed by atoms with E-state index in [2.05, 4.69) is 25.3 Å². The second-order valence-corrected chi connectivity index (χ2v) is 7.59. The first-order valence-corrected chi connectivity index (χ1v) is 10.0. The fourth-order valence-electron chi connectivity index (χ4n) is 3.84.